The molecule has 3 unspecified atom stereocenters. The van der Waals surface area contributed by atoms with E-state index >= 15 is 0 Å². The van der Waals surface area contributed by atoms with Crippen LogP contribution >= 0.6 is 0 Å². The Kier molecular flexibility index (Phi) is 2.78. The molecule has 1 N–H and O–H groups in total. The lowest BCUT2D eigenvalue weighted by Gasteiger charge is -2.29. The van der Waals surface area contributed by atoms with Crippen molar-refractivity contribution in [2.45, 2.75) is 37.5 Å². The van der Waals surface area contributed by atoms with Gasteiger partial charge in [0.05, 0.1) is 11.4 Å². The van der Waals surface area contributed by atoms with E-state index in [0.29, 0.717) is 18.8 Å². The van der Waals surface area contributed by atoms with Crippen LogP contribution in [0.1, 0.15) is 26.2 Å². The molecule has 1 rings (SSSR count). The first-order chi connectivity index (χ1) is 5.41. The van der Waals surface area contributed by atoms with E-state index in [9.17, 15) is 13.5 Å². The number of aliphatic hydroxyl groups is 1. The second-order valence-corrected chi connectivity index (χ2v) is 6.12. The average Bonchev–Trinajstić information content (AvgIpc) is 1.92. The van der Waals surface area contributed by atoms with Crippen LogP contribution < -0.4 is 0 Å². The van der Waals surface area contributed by atoms with Gasteiger partial charge in [0.15, 0.2) is 9.84 Å². The monoisotopic (exact) mass is 192 g/mol. The standard InChI is InChI=1S/C8H16O3S/c1-6-3-4-7(9)8(5-6)12(2,10)11/h6-9H,3-5H2,1-2H3. The molecule has 0 amide bonds. The highest BCUT2D eigenvalue weighted by Gasteiger charge is 2.33. The maximum Gasteiger partial charge on any atom is 0.152 e. The molecule has 0 saturated heterocycles. The van der Waals surface area contributed by atoms with E-state index in [1.807, 2.05) is 6.92 Å². The number of sulfone groups is 1. The maximum absolute atomic E-state index is 11.2. The molecule has 3 atom stereocenters. The molecule has 0 aliphatic heterocycles. The molecule has 0 bridgehead atoms. The van der Waals surface area contributed by atoms with Crippen molar-refractivity contribution in [1.82, 2.24) is 0 Å². The van der Waals surface area contributed by atoms with Gasteiger partial charge in [-0.1, -0.05) is 6.92 Å². The number of rotatable bonds is 1. The van der Waals surface area contributed by atoms with Crippen molar-refractivity contribution >= 4 is 9.84 Å². The van der Waals surface area contributed by atoms with E-state index in [0.717, 1.165) is 6.42 Å². The molecule has 1 aliphatic carbocycles. The maximum atomic E-state index is 11.2. The minimum Gasteiger partial charge on any atom is -0.392 e. The Morgan fingerprint density at radius 1 is 1.33 bits per heavy atom. The Morgan fingerprint density at radius 3 is 2.33 bits per heavy atom. The summed E-state index contributed by atoms with van der Waals surface area (Å²) in [4.78, 5) is 0. The van der Waals surface area contributed by atoms with E-state index in [1.54, 1.807) is 0 Å². The van der Waals surface area contributed by atoms with Crippen LogP contribution in [0.4, 0.5) is 0 Å². The van der Waals surface area contributed by atoms with Crippen LogP contribution in [0, 0.1) is 5.92 Å². The predicted molar refractivity (Wildman–Crippen MR) is 47.7 cm³/mol. The summed E-state index contributed by atoms with van der Waals surface area (Å²) in [6, 6.07) is 0. The highest BCUT2D eigenvalue weighted by molar-refractivity contribution is 7.91. The van der Waals surface area contributed by atoms with E-state index in [1.165, 1.54) is 6.26 Å². The van der Waals surface area contributed by atoms with Crippen molar-refractivity contribution in [3.8, 4) is 0 Å². The zero-order valence-electron chi connectivity index (χ0n) is 7.53. The fourth-order valence-electron chi connectivity index (χ4n) is 1.77. The van der Waals surface area contributed by atoms with Crippen LogP contribution in [-0.2, 0) is 9.84 Å². The topological polar surface area (TPSA) is 54.4 Å². The summed E-state index contributed by atoms with van der Waals surface area (Å²) >= 11 is 0. The molecule has 0 radical (unpaired) electrons. The molecular weight excluding hydrogens is 176 g/mol. The Morgan fingerprint density at radius 2 is 1.92 bits per heavy atom. The summed E-state index contributed by atoms with van der Waals surface area (Å²) in [5.41, 5.74) is 0. The molecule has 0 aromatic carbocycles. The van der Waals surface area contributed by atoms with Crippen molar-refractivity contribution in [1.29, 1.82) is 0 Å². The molecule has 0 aromatic heterocycles. The van der Waals surface area contributed by atoms with Crippen LogP contribution in [0.25, 0.3) is 0 Å². The lowest BCUT2D eigenvalue weighted by atomic mass is 9.88. The number of aliphatic hydroxyl groups excluding tert-OH is 1. The lowest BCUT2D eigenvalue weighted by Crippen LogP contribution is -2.38. The third kappa shape index (κ3) is 2.20. The van der Waals surface area contributed by atoms with Gasteiger partial charge in [0.2, 0.25) is 0 Å². The minimum atomic E-state index is -3.06. The van der Waals surface area contributed by atoms with Gasteiger partial charge in [-0.05, 0) is 25.2 Å². The van der Waals surface area contributed by atoms with Gasteiger partial charge >= 0.3 is 0 Å². The average molecular weight is 192 g/mol. The molecule has 12 heavy (non-hydrogen) atoms. The van der Waals surface area contributed by atoms with Crippen LogP contribution in [0.3, 0.4) is 0 Å². The zero-order valence-corrected chi connectivity index (χ0v) is 8.34. The molecule has 0 heterocycles. The molecule has 72 valence electrons. The van der Waals surface area contributed by atoms with E-state index in [2.05, 4.69) is 0 Å². The van der Waals surface area contributed by atoms with Crippen LogP contribution in [0.15, 0.2) is 0 Å². The van der Waals surface area contributed by atoms with Crippen molar-refractivity contribution in [3.05, 3.63) is 0 Å². The predicted octanol–water partition coefficient (Wildman–Crippen LogP) is 0.581. The summed E-state index contributed by atoms with van der Waals surface area (Å²) < 4.78 is 22.4. The second kappa shape index (κ2) is 3.34. The van der Waals surface area contributed by atoms with Crippen LogP contribution in [0.2, 0.25) is 0 Å². The highest BCUT2D eigenvalue weighted by Crippen LogP contribution is 2.28. The van der Waals surface area contributed by atoms with Crippen molar-refractivity contribution in [2.75, 3.05) is 6.26 Å². The fourth-order valence-corrected chi connectivity index (χ4v) is 3.16. The van der Waals surface area contributed by atoms with Gasteiger partial charge in [0, 0.05) is 6.26 Å². The smallest absolute Gasteiger partial charge is 0.152 e. The second-order valence-electron chi connectivity index (χ2n) is 3.85. The van der Waals surface area contributed by atoms with E-state index in [4.69, 9.17) is 0 Å². The molecule has 1 saturated carbocycles. The Bertz CT molecular complexity index is 245. The van der Waals surface area contributed by atoms with Gasteiger partial charge < -0.3 is 5.11 Å². The summed E-state index contributed by atoms with van der Waals surface area (Å²) in [6.45, 7) is 2.03. The van der Waals surface area contributed by atoms with Gasteiger partial charge in [-0.2, -0.15) is 0 Å². The van der Waals surface area contributed by atoms with Crippen LogP contribution in [-0.4, -0.2) is 31.1 Å². The van der Waals surface area contributed by atoms with E-state index in [-0.39, 0.29) is 0 Å². The largest absolute Gasteiger partial charge is 0.392 e. The first-order valence-electron chi connectivity index (χ1n) is 4.28. The first-order valence-corrected chi connectivity index (χ1v) is 6.23. The van der Waals surface area contributed by atoms with Crippen LogP contribution in [0.5, 0.6) is 0 Å². The van der Waals surface area contributed by atoms with Gasteiger partial charge in [-0.25, -0.2) is 8.42 Å². The SMILES string of the molecule is CC1CCC(O)C(S(C)(=O)=O)C1. The lowest BCUT2D eigenvalue weighted by molar-refractivity contribution is 0.116. The quantitative estimate of drug-likeness (QED) is 0.661. The molecule has 4 heteroatoms. The molecule has 1 fully saturated rings. The molecule has 0 spiro atoms. The van der Waals surface area contributed by atoms with Gasteiger partial charge in [0.1, 0.15) is 0 Å². The molecule has 1 aliphatic rings. The van der Waals surface area contributed by atoms with Crippen molar-refractivity contribution < 1.29 is 13.5 Å². The first kappa shape index (κ1) is 9.99. The Balaban J connectivity index is 2.74. The molecular formula is C8H16O3S. The summed E-state index contributed by atoms with van der Waals surface area (Å²) in [5.74, 6) is 0.424. The Hall–Kier alpha value is -0.0900. The van der Waals surface area contributed by atoms with Gasteiger partial charge in [0.25, 0.3) is 0 Å². The minimum absolute atomic E-state index is 0.424. The zero-order chi connectivity index (χ0) is 9.35. The Labute approximate surface area is 73.7 Å². The molecule has 0 aromatic rings. The molecule has 3 nitrogen and oxygen atoms in total. The third-order valence-electron chi connectivity index (χ3n) is 2.57. The summed E-state index contributed by atoms with van der Waals surface area (Å²) in [5, 5.41) is 8.92. The fraction of sp³-hybridized carbons (Fsp3) is 1.00. The number of hydrogen-bond donors (Lipinski definition) is 1. The van der Waals surface area contributed by atoms with Crippen molar-refractivity contribution in [3.63, 3.8) is 0 Å². The van der Waals surface area contributed by atoms with E-state index < -0.39 is 21.2 Å². The van der Waals surface area contributed by atoms with Crippen molar-refractivity contribution in [2.24, 2.45) is 5.92 Å². The summed E-state index contributed by atoms with van der Waals surface area (Å²) in [7, 11) is -3.06. The summed E-state index contributed by atoms with van der Waals surface area (Å²) in [6.07, 6.45) is 2.74. The third-order valence-corrected chi connectivity index (χ3v) is 4.18. The highest BCUT2D eigenvalue weighted by atomic mass is 32.2. The normalized spacial score (nSPS) is 38.1. The van der Waals surface area contributed by atoms with Gasteiger partial charge in [-0.3, -0.25) is 0 Å². The van der Waals surface area contributed by atoms with Gasteiger partial charge in [-0.15, -0.1) is 0 Å². The number of hydrogen-bond acceptors (Lipinski definition) is 3.